The standard InChI is InChI=1S/C18H20N6O3/c1-11-8-13(12(2)24(11)9-14-4-3-7-26-14)5-6-16(25)27-10-15-21-17(19)23-18(20)22-15/h3-8H,9-10H2,1-2H3,(H4,19,20,21,22,23)/b6-5+. The topological polar surface area (TPSA) is 135 Å². The van der Waals surface area contributed by atoms with E-state index in [9.17, 15) is 4.79 Å². The first-order valence-electron chi connectivity index (χ1n) is 8.22. The van der Waals surface area contributed by atoms with Gasteiger partial charge in [0.25, 0.3) is 0 Å². The highest BCUT2D eigenvalue weighted by molar-refractivity contribution is 5.87. The summed E-state index contributed by atoms with van der Waals surface area (Å²) >= 11 is 0. The van der Waals surface area contributed by atoms with Gasteiger partial charge in [0.05, 0.1) is 12.8 Å². The summed E-state index contributed by atoms with van der Waals surface area (Å²) in [6.45, 7) is 4.47. The fourth-order valence-corrected chi connectivity index (χ4v) is 2.66. The molecule has 0 atom stereocenters. The van der Waals surface area contributed by atoms with Gasteiger partial charge in [-0.05, 0) is 43.7 Å². The van der Waals surface area contributed by atoms with E-state index in [2.05, 4.69) is 19.5 Å². The number of carbonyl (C=O) groups excluding carboxylic acids is 1. The predicted octanol–water partition coefficient (Wildman–Crippen LogP) is 1.85. The van der Waals surface area contributed by atoms with Crippen molar-refractivity contribution < 1.29 is 13.9 Å². The summed E-state index contributed by atoms with van der Waals surface area (Å²) in [5.74, 6) is 0.491. The third-order valence-electron chi connectivity index (χ3n) is 3.97. The van der Waals surface area contributed by atoms with E-state index in [1.807, 2.05) is 32.0 Å². The van der Waals surface area contributed by atoms with E-state index < -0.39 is 5.97 Å². The Kier molecular flexibility index (Phi) is 5.20. The van der Waals surface area contributed by atoms with Gasteiger partial charge in [-0.15, -0.1) is 0 Å². The van der Waals surface area contributed by atoms with Crippen molar-refractivity contribution in [2.24, 2.45) is 0 Å². The van der Waals surface area contributed by atoms with Crippen molar-refractivity contribution in [1.82, 2.24) is 19.5 Å². The summed E-state index contributed by atoms with van der Waals surface area (Å²) in [6, 6.07) is 5.77. The molecule has 0 amide bonds. The second-order valence-electron chi connectivity index (χ2n) is 5.90. The lowest BCUT2D eigenvalue weighted by molar-refractivity contribution is -0.139. The molecule has 0 saturated carbocycles. The molecule has 3 rings (SSSR count). The first kappa shape index (κ1) is 18.2. The number of hydrogen-bond donors (Lipinski definition) is 2. The number of nitrogens with zero attached hydrogens (tertiary/aromatic N) is 4. The highest BCUT2D eigenvalue weighted by Gasteiger charge is 2.10. The summed E-state index contributed by atoms with van der Waals surface area (Å²) in [5, 5.41) is 0. The maximum Gasteiger partial charge on any atom is 0.331 e. The number of furan rings is 1. The van der Waals surface area contributed by atoms with Gasteiger partial charge in [0.1, 0.15) is 5.76 Å². The number of aromatic nitrogens is 4. The lowest BCUT2D eigenvalue weighted by atomic mass is 10.2. The molecule has 0 radical (unpaired) electrons. The fourth-order valence-electron chi connectivity index (χ4n) is 2.66. The largest absolute Gasteiger partial charge is 0.467 e. The van der Waals surface area contributed by atoms with Crippen molar-refractivity contribution in [3.63, 3.8) is 0 Å². The molecule has 27 heavy (non-hydrogen) atoms. The van der Waals surface area contributed by atoms with E-state index in [-0.39, 0.29) is 24.3 Å². The number of aryl methyl sites for hydroxylation is 1. The van der Waals surface area contributed by atoms with Crippen LogP contribution in [0.1, 0.15) is 28.5 Å². The lowest BCUT2D eigenvalue weighted by Crippen LogP contribution is -2.09. The summed E-state index contributed by atoms with van der Waals surface area (Å²) in [5.41, 5.74) is 14.0. The number of nitrogen functional groups attached to an aromatic ring is 2. The van der Waals surface area contributed by atoms with Crippen molar-refractivity contribution >= 4 is 23.9 Å². The number of rotatable bonds is 6. The Morgan fingerprint density at radius 3 is 2.67 bits per heavy atom. The monoisotopic (exact) mass is 368 g/mol. The maximum absolute atomic E-state index is 12.0. The predicted molar refractivity (Wildman–Crippen MR) is 99.2 cm³/mol. The first-order valence-corrected chi connectivity index (χ1v) is 8.22. The third-order valence-corrected chi connectivity index (χ3v) is 3.97. The number of nitrogens with two attached hydrogens (primary N) is 2. The van der Waals surface area contributed by atoms with E-state index in [0.29, 0.717) is 6.54 Å². The van der Waals surface area contributed by atoms with E-state index >= 15 is 0 Å². The summed E-state index contributed by atoms with van der Waals surface area (Å²) in [6.07, 6.45) is 4.71. The van der Waals surface area contributed by atoms with Crippen molar-refractivity contribution in [1.29, 1.82) is 0 Å². The van der Waals surface area contributed by atoms with Crippen molar-refractivity contribution in [3.8, 4) is 0 Å². The maximum atomic E-state index is 12.0. The zero-order chi connectivity index (χ0) is 19.4. The van der Waals surface area contributed by atoms with Crippen LogP contribution in [-0.2, 0) is 22.7 Å². The van der Waals surface area contributed by atoms with Gasteiger partial charge in [0, 0.05) is 17.5 Å². The molecule has 0 saturated heterocycles. The minimum atomic E-state index is -0.525. The molecular weight excluding hydrogens is 348 g/mol. The van der Waals surface area contributed by atoms with Gasteiger partial charge >= 0.3 is 5.97 Å². The van der Waals surface area contributed by atoms with E-state index in [1.165, 1.54) is 6.08 Å². The molecule has 0 fully saturated rings. The Bertz CT molecular complexity index is 955. The van der Waals surface area contributed by atoms with Crippen molar-refractivity contribution in [2.75, 3.05) is 11.5 Å². The molecule has 4 N–H and O–H groups in total. The van der Waals surface area contributed by atoms with E-state index in [1.54, 1.807) is 12.3 Å². The van der Waals surface area contributed by atoms with Gasteiger partial charge < -0.3 is 25.2 Å². The summed E-state index contributed by atoms with van der Waals surface area (Å²) < 4.78 is 12.6. The second kappa shape index (κ2) is 7.73. The number of hydrogen-bond acceptors (Lipinski definition) is 8. The van der Waals surface area contributed by atoms with Gasteiger partial charge in [0.2, 0.25) is 11.9 Å². The molecular formula is C18H20N6O3. The number of anilines is 2. The van der Waals surface area contributed by atoms with Crippen LogP contribution in [-0.4, -0.2) is 25.5 Å². The quantitative estimate of drug-likeness (QED) is 0.497. The van der Waals surface area contributed by atoms with Gasteiger partial charge in [-0.3, -0.25) is 0 Å². The molecule has 3 aromatic rings. The third kappa shape index (κ3) is 4.51. The Morgan fingerprint density at radius 2 is 2.00 bits per heavy atom. The highest BCUT2D eigenvalue weighted by atomic mass is 16.5. The van der Waals surface area contributed by atoms with Gasteiger partial charge in [0.15, 0.2) is 12.4 Å². The van der Waals surface area contributed by atoms with Crippen LogP contribution in [0.4, 0.5) is 11.9 Å². The summed E-state index contributed by atoms with van der Waals surface area (Å²) in [4.78, 5) is 23.3. The van der Waals surface area contributed by atoms with Crippen LogP contribution in [0.25, 0.3) is 6.08 Å². The van der Waals surface area contributed by atoms with Crippen LogP contribution in [0.3, 0.4) is 0 Å². The lowest BCUT2D eigenvalue weighted by Gasteiger charge is -2.07. The molecule has 0 unspecified atom stereocenters. The minimum absolute atomic E-state index is 0.0203. The van der Waals surface area contributed by atoms with Crippen molar-refractivity contribution in [2.45, 2.75) is 27.0 Å². The Balaban J connectivity index is 1.64. The Hall–Kier alpha value is -3.62. The zero-order valence-corrected chi connectivity index (χ0v) is 15.0. The van der Waals surface area contributed by atoms with Crippen LogP contribution in [0.5, 0.6) is 0 Å². The molecule has 9 nitrogen and oxygen atoms in total. The van der Waals surface area contributed by atoms with Crippen molar-refractivity contribution in [3.05, 3.63) is 59.1 Å². The van der Waals surface area contributed by atoms with Crippen LogP contribution in [0.15, 0.2) is 35.0 Å². The average Bonchev–Trinajstić information content (AvgIpc) is 3.21. The molecule has 0 bridgehead atoms. The molecule has 0 aliphatic heterocycles. The smallest absolute Gasteiger partial charge is 0.331 e. The minimum Gasteiger partial charge on any atom is -0.467 e. The van der Waals surface area contributed by atoms with Crippen LogP contribution >= 0.6 is 0 Å². The normalized spacial score (nSPS) is 11.2. The van der Waals surface area contributed by atoms with Gasteiger partial charge in [-0.2, -0.15) is 15.0 Å². The molecule has 0 aliphatic rings. The van der Waals surface area contributed by atoms with E-state index in [0.717, 1.165) is 22.7 Å². The molecule has 0 spiro atoms. The average molecular weight is 368 g/mol. The number of carbonyl (C=O) groups is 1. The molecule has 9 heteroatoms. The molecule has 0 aromatic carbocycles. The second-order valence-corrected chi connectivity index (χ2v) is 5.90. The molecule has 140 valence electrons. The van der Waals surface area contributed by atoms with Crippen LogP contribution in [0.2, 0.25) is 0 Å². The number of ether oxygens (including phenoxy) is 1. The molecule has 3 aromatic heterocycles. The first-order chi connectivity index (χ1) is 12.9. The van der Waals surface area contributed by atoms with Crippen LogP contribution in [0, 0.1) is 13.8 Å². The Morgan fingerprint density at radius 1 is 1.26 bits per heavy atom. The zero-order valence-electron chi connectivity index (χ0n) is 15.0. The molecule has 0 aliphatic carbocycles. The Labute approximate surface area is 155 Å². The highest BCUT2D eigenvalue weighted by Crippen LogP contribution is 2.18. The van der Waals surface area contributed by atoms with Gasteiger partial charge in [-0.25, -0.2) is 4.79 Å². The SMILES string of the molecule is Cc1cc(/C=C/C(=O)OCc2nc(N)nc(N)n2)c(C)n1Cc1ccco1. The number of esters is 1. The van der Waals surface area contributed by atoms with Crippen LogP contribution < -0.4 is 11.5 Å². The van der Waals surface area contributed by atoms with E-state index in [4.69, 9.17) is 20.6 Å². The summed E-state index contributed by atoms with van der Waals surface area (Å²) in [7, 11) is 0. The molecule has 3 heterocycles. The van der Waals surface area contributed by atoms with Gasteiger partial charge in [-0.1, -0.05) is 0 Å². The fraction of sp³-hybridized carbons (Fsp3) is 0.222.